The molecule has 1 heterocycles. The van der Waals surface area contributed by atoms with Gasteiger partial charge >= 0.3 is 5.97 Å². The van der Waals surface area contributed by atoms with Crippen molar-refractivity contribution < 1.29 is 9.90 Å². The van der Waals surface area contributed by atoms with Crippen LogP contribution in [0, 0.1) is 6.92 Å². The number of rotatable bonds is 3. The average Bonchev–Trinajstić information content (AvgIpc) is 2.68. The zero-order valence-electron chi connectivity index (χ0n) is 9.05. The van der Waals surface area contributed by atoms with Gasteiger partial charge in [0.05, 0.1) is 0 Å². The first-order valence-electron chi connectivity index (χ1n) is 4.98. The van der Waals surface area contributed by atoms with Crippen LogP contribution in [-0.2, 0) is 4.79 Å². The van der Waals surface area contributed by atoms with Gasteiger partial charge in [0.25, 0.3) is 0 Å². The molecule has 17 heavy (non-hydrogen) atoms. The van der Waals surface area contributed by atoms with E-state index < -0.39 is 11.9 Å². The van der Waals surface area contributed by atoms with Crippen LogP contribution in [0.3, 0.4) is 0 Å². The highest BCUT2D eigenvalue weighted by atomic mass is 35.5. The highest BCUT2D eigenvalue weighted by molar-refractivity contribution is 7.11. The molecular weight excluding hydrogens is 258 g/mol. The Kier molecular flexibility index (Phi) is 3.45. The Morgan fingerprint density at radius 3 is 2.53 bits per heavy atom. The fraction of sp³-hybridized carbons (Fsp3) is 0.167. The number of aromatic nitrogens is 1. The van der Waals surface area contributed by atoms with E-state index in [1.165, 1.54) is 11.3 Å². The molecule has 0 saturated carbocycles. The summed E-state index contributed by atoms with van der Waals surface area (Å²) in [6.07, 6.45) is 1.69. The molecule has 0 bridgehead atoms. The topological polar surface area (TPSA) is 50.2 Å². The van der Waals surface area contributed by atoms with Crippen molar-refractivity contribution in [2.24, 2.45) is 0 Å². The van der Waals surface area contributed by atoms with E-state index in [4.69, 9.17) is 11.6 Å². The number of halogens is 1. The third kappa shape index (κ3) is 2.65. The fourth-order valence-electron chi connectivity index (χ4n) is 1.55. The zero-order valence-corrected chi connectivity index (χ0v) is 10.6. The monoisotopic (exact) mass is 267 g/mol. The molecule has 1 aromatic heterocycles. The lowest BCUT2D eigenvalue weighted by molar-refractivity contribution is -0.137. The van der Waals surface area contributed by atoms with E-state index in [2.05, 4.69) is 4.98 Å². The van der Waals surface area contributed by atoms with E-state index in [0.29, 0.717) is 15.6 Å². The smallest absolute Gasteiger partial charge is 0.317 e. The number of aliphatic carboxylic acids is 1. The van der Waals surface area contributed by atoms with Crippen LogP contribution < -0.4 is 0 Å². The van der Waals surface area contributed by atoms with Crippen molar-refractivity contribution in [2.75, 3.05) is 0 Å². The van der Waals surface area contributed by atoms with E-state index in [0.717, 1.165) is 4.88 Å². The summed E-state index contributed by atoms with van der Waals surface area (Å²) >= 11 is 7.18. The van der Waals surface area contributed by atoms with Crippen molar-refractivity contribution in [2.45, 2.75) is 12.8 Å². The number of benzene rings is 1. The molecule has 5 heteroatoms. The van der Waals surface area contributed by atoms with Crippen LogP contribution >= 0.6 is 22.9 Å². The Labute approximate surface area is 108 Å². The molecule has 3 nitrogen and oxygen atoms in total. The van der Waals surface area contributed by atoms with Crippen molar-refractivity contribution in [1.29, 1.82) is 0 Å². The Morgan fingerprint density at radius 1 is 1.41 bits per heavy atom. The van der Waals surface area contributed by atoms with Gasteiger partial charge in [0.15, 0.2) is 0 Å². The SMILES string of the molecule is Cc1cnc(C(C(=O)O)c2ccc(Cl)cc2)s1. The summed E-state index contributed by atoms with van der Waals surface area (Å²) in [6, 6.07) is 6.82. The molecule has 0 radical (unpaired) electrons. The molecule has 88 valence electrons. The second-order valence-electron chi connectivity index (χ2n) is 3.63. The van der Waals surface area contributed by atoms with Crippen LogP contribution in [-0.4, -0.2) is 16.1 Å². The summed E-state index contributed by atoms with van der Waals surface area (Å²) < 4.78 is 0. The van der Waals surface area contributed by atoms with Crippen LogP contribution in [0.15, 0.2) is 30.5 Å². The lowest BCUT2D eigenvalue weighted by Gasteiger charge is -2.09. The number of carboxylic acid groups (broad SMARTS) is 1. The molecule has 2 rings (SSSR count). The number of hydrogen-bond acceptors (Lipinski definition) is 3. The van der Waals surface area contributed by atoms with Gasteiger partial charge in [-0.25, -0.2) is 4.98 Å². The Balaban J connectivity index is 2.42. The summed E-state index contributed by atoms with van der Waals surface area (Å²) in [6.45, 7) is 1.90. The van der Waals surface area contributed by atoms with Gasteiger partial charge in [0.2, 0.25) is 0 Å². The van der Waals surface area contributed by atoms with Gasteiger partial charge < -0.3 is 5.11 Å². The first-order chi connectivity index (χ1) is 8.08. The second-order valence-corrected chi connectivity index (χ2v) is 5.33. The third-order valence-corrected chi connectivity index (χ3v) is 3.57. The highest BCUT2D eigenvalue weighted by Crippen LogP contribution is 2.29. The van der Waals surface area contributed by atoms with Gasteiger partial charge in [-0.3, -0.25) is 4.79 Å². The molecule has 1 unspecified atom stereocenters. The van der Waals surface area contributed by atoms with E-state index >= 15 is 0 Å². The summed E-state index contributed by atoms with van der Waals surface area (Å²) in [5.41, 5.74) is 0.691. The molecule has 0 aliphatic rings. The van der Waals surface area contributed by atoms with Gasteiger partial charge in [-0.2, -0.15) is 0 Å². The third-order valence-electron chi connectivity index (χ3n) is 2.34. The van der Waals surface area contributed by atoms with Crippen LogP contribution in [0.25, 0.3) is 0 Å². The molecule has 1 aromatic carbocycles. The Bertz CT molecular complexity index is 536. The summed E-state index contributed by atoms with van der Waals surface area (Å²) in [4.78, 5) is 16.5. The quantitative estimate of drug-likeness (QED) is 0.928. The fourth-order valence-corrected chi connectivity index (χ4v) is 2.57. The van der Waals surface area contributed by atoms with Crippen LogP contribution in [0.4, 0.5) is 0 Å². The number of carbonyl (C=O) groups is 1. The molecule has 0 amide bonds. The molecule has 0 aliphatic heterocycles. The molecule has 0 spiro atoms. The van der Waals surface area contributed by atoms with Crippen molar-refractivity contribution in [1.82, 2.24) is 4.98 Å². The van der Waals surface area contributed by atoms with Gasteiger partial charge in [0.1, 0.15) is 10.9 Å². The van der Waals surface area contributed by atoms with E-state index in [1.54, 1.807) is 30.5 Å². The maximum Gasteiger partial charge on any atom is 0.317 e. The maximum atomic E-state index is 11.3. The molecule has 0 aliphatic carbocycles. The minimum atomic E-state index is -0.901. The van der Waals surface area contributed by atoms with E-state index in [1.807, 2.05) is 6.92 Å². The molecule has 1 N–H and O–H groups in total. The number of thiazole rings is 1. The largest absolute Gasteiger partial charge is 0.480 e. The van der Waals surface area contributed by atoms with Crippen LogP contribution in [0.1, 0.15) is 21.4 Å². The molecule has 0 saturated heterocycles. The van der Waals surface area contributed by atoms with Crippen molar-refractivity contribution >= 4 is 28.9 Å². The van der Waals surface area contributed by atoms with E-state index in [9.17, 15) is 9.90 Å². The highest BCUT2D eigenvalue weighted by Gasteiger charge is 2.24. The van der Waals surface area contributed by atoms with Crippen LogP contribution in [0.2, 0.25) is 5.02 Å². The normalized spacial score (nSPS) is 12.4. The van der Waals surface area contributed by atoms with Crippen molar-refractivity contribution in [3.05, 3.63) is 50.9 Å². The molecule has 1 atom stereocenters. The summed E-state index contributed by atoms with van der Waals surface area (Å²) in [7, 11) is 0. The van der Waals surface area contributed by atoms with E-state index in [-0.39, 0.29) is 0 Å². The lowest BCUT2D eigenvalue weighted by atomic mass is 10.0. The maximum absolute atomic E-state index is 11.3. The summed E-state index contributed by atoms with van der Waals surface area (Å²) in [5, 5.41) is 10.5. The van der Waals surface area contributed by atoms with Crippen molar-refractivity contribution in [3.63, 3.8) is 0 Å². The first kappa shape index (κ1) is 12.1. The van der Waals surface area contributed by atoms with Gasteiger partial charge in [-0.05, 0) is 24.6 Å². The molecule has 0 fully saturated rings. The second kappa shape index (κ2) is 4.85. The minimum absolute atomic E-state index is 0.591. The van der Waals surface area contributed by atoms with Gasteiger partial charge in [0, 0.05) is 16.1 Å². The Morgan fingerprint density at radius 2 is 2.06 bits per heavy atom. The predicted molar refractivity (Wildman–Crippen MR) is 67.8 cm³/mol. The molecular formula is C12H10ClNO2S. The zero-order chi connectivity index (χ0) is 12.4. The first-order valence-corrected chi connectivity index (χ1v) is 6.18. The predicted octanol–water partition coefficient (Wildman–Crippen LogP) is 3.32. The molecule has 2 aromatic rings. The lowest BCUT2D eigenvalue weighted by Crippen LogP contribution is -2.12. The van der Waals surface area contributed by atoms with Gasteiger partial charge in [-0.1, -0.05) is 23.7 Å². The number of aryl methyl sites for hydroxylation is 1. The van der Waals surface area contributed by atoms with Crippen LogP contribution in [0.5, 0.6) is 0 Å². The number of nitrogens with zero attached hydrogens (tertiary/aromatic N) is 1. The Hall–Kier alpha value is -1.39. The summed E-state index contributed by atoms with van der Waals surface area (Å²) in [5.74, 6) is -1.62. The van der Waals surface area contributed by atoms with Crippen molar-refractivity contribution in [3.8, 4) is 0 Å². The number of carboxylic acids is 1. The van der Waals surface area contributed by atoms with Gasteiger partial charge in [-0.15, -0.1) is 11.3 Å². The number of hydrogen-bond donors (Lipinski definition) is 1. The standard InChI is InChI=1S/C12H10ClNO2S/c1-7-6-14-11(17-7)10(12(15)16)8-2-4-9(13)5-3-8/h2-6,10H,1H3,(H,15,16). The average molecular weight is 268 g/mol. The minimum Gasteiger partial charge on any atom is -0.480 e.